The van der Waals surface area contributed by atoms with Gasteiger partial charge in [-0.2, -0.15) is 0 Å². The molecule has 0 spiro atoms. The van der Waals surface area contributed by atoms with Crippen LogP contribution in [0.3, 0.4) is 0 Å². The van der Waals surface area contributed by atoms with Gasteiger partial charge < -0.3 is 5.32 Å². The summed E-state index contributed by atoms with van der Waals surface area (Å²) in [4.78, 5) is 1.36. The minimum atomic E-state index is 0.622. The second-order valence-corrected chi connectivity index (χ2v) is 5.11. The van der Waals surface area contributed by atoms with Gasteiger partial charge in [0.05, 0.1) is 6.54 Å². The summed E-state index contributed by atoms with van der Waals surface area (Å²) in [5.74, 6) is 3.75. The summed E-state index contributed by atoms with van der Waals surface area (Å²) in [7, 11) is 0. The van der Waals surface area contributed by atoms with Crippen molar-refractivity contribution in [2.75, 3.05) is 18.8 Å². The van der Waals surface area contributed by atoms with Gasteiger partial charge in [-0.3, -0.25) is 0 Å². The predicted molar refractivity (Wildman–Crippen MR) is 82.8 cm³/mol. The number of unbranched alkanes of at least 4 members (excludes halogenated alkanes) is 1. The van der Waals surface area contributed by atoms with Crippen molar-refractivity contribution in [2.24, 2.45) is 0 Å². The van der Waals surface area contributed by atoms with Crippen molar-refractivity contribution in [3.05, 3.63) is 35.9 Å². The largest absolute Gasteiger partial charge is 0.303 e. The maximum absolute atomic E-state index is 5.17. The summed E-state index contributed by atoms with van der Waals surface area (Å²) in [5, 5.41) is 3.15. The fourth-order valence-electron chi connectivity index (χ4n) is 1.49. The average molecular weight is 259 g/mol. The van der Waals surface area contributed by atoms with Crippen molar-refractivity contribution in [1.29, 1.82) is 0 Å². The number of hydrogen-bond donors (Lipinski definition) is 1. The highest BCUT2D eigenvalue weighted by molar-refractivity contribution is 7.99. The minimum Gasteiger partial charge on any atom is -0.303 e. The molecule has 0 fully saturated rings. The van der Waals surface area contributed by atoms with Crippen LogP contribution in [0.2, 0.25) is 0 Å². The normalized spacial score (nSPS) is 10.7. The van der Waals surface area contributed by atoms with Crippen molar-refractivity contribution in [3.8, 4) is 12.3 Å². The Bertz CT molecular complexity index is 404. The molecule has 2 heteroatoms. The molecule has 0 unspecified atom stereocenters. The summed E-state index contributed by atoms with van der Waals surface area (Å²) < 4.78 is 0. The Hall–Kier alpha value is -1.17. The molecular formula is C16H21NS. The van der Waals surface area contributed by atoms with Gasteiger partial charge in [-0.15, -0.1) is 18.2 Å². The van der Waals surface area contributed by atoms with Crippen LogP contribution in [0.1, 0.15) is 25.3 Å². The Kier molecular flexibility index (Phi) is 8.12. The van der Waals surface area contributed by atoms with Crippen molar-refractivity contribution in [3.63, 3.8) is 0 Å². The molecule has 0 saturated carbocycles. The van der Waals surface area contributed by atoms with Crippen LogP contribution in [0, 0.1) is 12.3 Å². The third-order valence-corrected chi connectivity index (χ3v) is 3.64. The Morgan fingerprint density at radius 2 is 2.22 bits per heavy atom. The van der Waals surface area contributed by atoms with Gasteiger partial charge >= 0.3 is 0 Å². The summed E-state index contributed by atoms with van der Waals surface area (Å²) in [6, 6.07) is 8.53. The molecule has 0 amide bonds. The van der Waals surface area contributed by atoms with Crippen molar-refractivity contribution in [1.82, 2.24) is 5.32 Å². The number of benzene rings is 1. The zero-order chi connectivity index (χ0) is 13.1. The fraction of sp³-hybridized carbons (Fsp3) is 0.375. The van der Waals surface area contributed by atoms with Gasteiger partial charge in [0, 0.05) is 11.4 Å². The lowest BCUT2D eigenvalue weighted by molar-refractivity contribution is 0.859. The zero-order valence-corrected chi connectivity index (χ0v) is 11.8. The van der Waals surface area contributed by atoms with Gasteiger partial charge in [0.1, 0.15) is 0 Å². The van der Waals surface area contributed by atoms with E-state index in [-0.39, 0.29) is 0 Å². The molecule has 1 aromatic carbocycles. The van der Waals surface area contributed by atoms with Gasteiger partial charge in [0.2, 0.25) is 0 Å². The first-order valence-electron chi connectivity index (χ1n) is 6.41. The highest BCUT2D eigenvalue weighted by atomic mass is 32.2. The smallest absolute Gasteiger partial charge is 0.0576 e. The van der Waals surface area contributed by atoms with E-state index in [0.29, 0.717) is 6.54 Å². The molecule has 0 atom stereocenters. The van der Waals surface area contributed by atoms with E-state index in [1.54, 1.807) is 0 Å². The molecular weight excluding hydrogens is 238 g/mol. The average Bonchev–Trinajstić information content (AvgIpc) is 2.40. The Morgan fingerprint density at radius 1 is 1.39 bits per heavy atom. The van der Waals surface area contributed by atoms with Crippen molar-refractivity contribution in [2.45, 2.75) is 24.7 Å². The third-order valence-electron chi connectivity index (χ3n) is 2.46. The Labute approximate surface area is 115 Å². The number of hydrogen-bond acceptors (Lipinski definition) is 2. The summed E-state index contributed by atoms with van der Waals surface area (Å²) in [6.07, 6.45) is 12.0. The van der Waals surface area contributed by atoms with Crippen LogP contribution in [-0.2, 0) is 0 Å². The number of nitrogens with one attached hydrogen (secondary N) is 1. The van der Waals surface area contributed by atoms with Crippen LogP contribution in [0.15, 0.2) is 35.2 Å². The summed E-state index contributed by atoms with van der Waals surface area (Å²) in [5.41, 5.74) is 1.29. The SMILES string of the molecule is C#CCNC/C=C/c1ccccc1SCCCC. The van der Waals surface area contributed by atoms with Gasteiger partial charge in [-0.25, -0.2) is 0 Å². The highest BCUT2D eigenvalue weighted by Gasteiger charge is 1.98. The lowest BCUT2D eigenvalue weighted by Crippen LogP contribution is -2.12. The van der Waals surface area contributed by atoms with Gasteiger partial charge in [-0.1, -0.05) is 49.6 Å². The van der Waals surface area contributed by atoms with Crippen LogP contribution < -0.4 is 5.32 Å². The van der Waals surface area contributed by atoms with E-state index in [4.69, 9.17) is 6.42 Å². The maximum atomic E-state index is 5.17. The number of terminal acetylenes is 1. The van der Waals surface area contributed by atoms with E-state index in [1.165, 1.54) is 29.1 Å². The molecule has 0 radical (unpaired) electrons. The lowest BCUT2D eigenvalue weighted by atomic mass is 10.2. The molecule has 0 bridgehead atoms. The number of rotatable bonds is 8. The van der Waals surface area contributed by atoms with Crippen LogP contribution in [0.4, 0.5) is 0 Å². The van der Waals surface area contributed by atoms with E-state index >= 15 is 0 Å². The van der Waals surface area contributed by atoms with E-state index in [9.17, 15) is 0 Å². The van der Waals surface area contributed by atoms with E-state index in [0.717, 1.165) is 6.54 Å². The van der Waals surface area contributed by atoms with E-state index in [1.807, 2.05) is 11.8 Å². The molecule has 0 heterocycles. The lowest BCUT2D eigenvalue weighted by Gasteiger charge is -2.05. The van der Waals surface area contributed by atoms with E-state index < -0.39 is 0 Å². The van der Waals surface area contributed by atoms with Crippen LogP contribution in [0.25, 0.3) is 6.08 Å². The number of thioether (sulfide) groups is 1. The fourth-order valence-corrected chi connectivity index (χ4v) is 2.62. The molecule has 1 nitrogen and oxygen atoms in total. The zero-order valence-electron chi connectivity index (χ0n) is 11.0. The molecule has 1 rings (SSSR count). The van der Waals surface area contributed by atoms with Crippen molar-refractivity contribution < 1.29 is 0 Å². The molecule has 0 aliphatic heterocycles. The molecule has 96 valence electrons. The van der Waals surface area contributed by atoms with E-state index in [2.05, 4.69) is 54.6 Å². The predicted octanol–water partition coefficient (Wildman–Crippen LogP) is 3.81. The standard InChI is InChI=1S/C16H21NS/c1-3-5-14-18-16-11-7-6-9-15(16)10-8-13-17-12-4-2/h2,6-11,17H,3,5,12-14H2,1H3/b10-8+. The second-order valence-electron chi connectivity index (χ2n) is 3.98. The van der Waals surface area contributed by atoms with Gasteiger partial charge in [-0.05, 0) is 23.8 Å². The first-order valence-corrected chi connectivity index (χ1v) is 7.39. The van der Waals surface area contributed by atoms with Crippen molar-refractivity contribution >= 4 is 17.8 Å². The molecule has 1 aromatic rings. The molecule has 18 heavy (non-hydrogen) atoms. The molecule has 0 aliphatic rings. The quantitative estimate of drug-likeness (QED) is 0.433. The third kappa shape index (κ3) is 5.95. The summed E-state index contributed by atoms with van der Waals surface area (Å²) in [6.45, 7) is 3.67. The second kappa shape index (κ2) is 9.82. The monoisotopic (exact) mass is 259 g/mol. The maximum Gasteiger partial charge on any atom is 0.0576 e. The molecule has 0 aromatic heterocycles. The topological polar surface area (TPSA) is 12.0 Å². The Balaban J connectivity index is 2.50. The summed E-state index contributed by atoms with van der Waals surface area (Å²) >= 11 is 1.94. The first kappa shape index (κ1) is 14.9. The van der Waals surface area contributed by atoms with Gasteiger partial charge in [0.15, 0.2) is 0 Å². The van der Waals surface area contributed by atoms with Crippen LogP contribution in [-0.4, -0.2) is 18.8 Å². The first-order chi connectivity index (χ1) is 8.88. The highest BCUT2D eigenvalue weighted by Crippen LogP contribution is 2.24. The minimum absolute atomic E-state index is 0.622. The van der Waals surface area contributed by atoms with Crippen LogP contribution >= 0.6 is 11.8 Å². The van der Waals surface area contributed by atoms with Crippen LogP contribution in [0.5, 0.6) is 0 Å². The molecule has 1 N–H and O–H groups in total. The Morgan fingerprint density at radius 3 is 3.00 bits per heavy atom. The molecule has 0 saturated heterocycles. The van der Waals surface area contributed by atoms with Gasteiger partial charge in [0.25, 0.3) is 0 Å². The molecule has 0 aliphatic carbocycles.